The predicted molar refractivity (Wildman–Crippen MR) is 118 cm³/mol. The number of carbonyl (C=O) groups is 1. The van der Waals surface area contributed by atoms with Crippen LogP contribution in [0, 0.1) is 19.8 Å². The van der Waals surface area contributed by atoms with E-state index in [0.29, 0.717) is 6.10 Å². The van der Waals surface area contributed by atoms with Gasteiger partial charge in [0.1, 0.15) is 0 Å². The van der Waals surface area contributed by atoms with Crippen molar-refractivity contribution in [1.82, 2.24) is 5.32 Å². The van der Waals surface area contributed by atoms with Crippen LogP contribution in [-0.4, -0.2) is 43.6 Å². The van der Waals surface area contributed by atoms with E-state index in [1.807, 2.05) is 7.11 Å². The molecule has 0 aliphatic heterocycles. The predicted octanol–water partition coefficient (Wildman–Crippen LogP) is 5.57. The molecule has 1 saturated carbocycles. The first-order chi connectivity index (χ1) is 14.3. The largest absolute Gasteiger partial charge is 0.490 e. The van der Waals surface area contributed by atoms with Crippen molar-refractivity contribution in [3.63, 3.8) is 0 Å². The van der Waals surface area contributed by atoms with Crippen molar-refractivity contribution in [3.8, 4) is 0 Å². The molecule has 2 N–H and O–H groups in total. The number of ether oxygens (including phenoxy) is 1. The highest BCUT2D eigenvalue weighted by molar-refractivity contribution is 5.73. The zero-order chi connectivity index (χ0) is 23.8. The molecule has 0 saturated heterocycles. The minimum Gasteiger partial charge on any atom is -0.475 e. The maximum atomic E-state index is 10.6. The Morgan fingerprint density at radius 2 is 1.58 bits per heavy atom. The Kier molecular flexibility index (Phi) is 10.5. The normalized spacial score (nSPS) is 19.5. The summed E-state index contributed by atoms with van der Waals surface area (Å²) in [5.41, 5.74) is 6.10. The molecule has 0 heterocycles. The van der Waals surface area contributed by atoms with Gasteiger partial charge < -0.3 is 15.2 Å². The molecule has 0 atom stereocenters. The van der Waals surface area contributed by atoms with Crippen LogP contribution in [0.25, 0.3) is 0 Å². The summed E-state index contributed by atoms with van der Waals surface area (Å²) in [6.45, 7) is 13.7. The molecule has 0 radical (unpaired) electrons. The van der Waals surface area contributed by atoms with E-state index in [4.69, 9.17) is 14.6 Å². The van der Waals surface area contributed by atoms with Crippen LogP contribution < -0.4 is 5.32 Å². The van der Waals surface area contributed by atoms with Gasteiger partial charge in [0.2, 0.25) is 0 Å². The van der Waals surface area contributed by atoms with Crippen molar-refractivity contribution in [2.45, 2.75) is 84.4 Å². The lowest BCUT2D eigenvalue weighted by atomic mass is 9.83. The molecule has 0 bridgehead atoms. The van der Waals surface area contributed by atoms with Gasteiger partial charge in [-0.1, -0.05) is 32.9 Å². The highest BCUT2D eigenvalue weighted by Gasteiger charge is 2.38. The molecule has 1 aromatic carbocycles. The van der Waals surface area contributed by atoms with Crippen LogP contribution in [0.3, 0.4) is 0 Å². The van der Waals surface area contributed by atoms with Crippen molar-refractivity contribution in [2.24, 2.45) is 5.92 Å². The van der Waals surface area contributed by atoms with E-state index >= 15 is 0 Å². The Bertz CT molecular complexity index is 680. The second kappa shape index (κ2) is 11.9. The van der Waals surface area contributed by atoms with E-state index in [2.05, 4.69) is 52.1 Å². The minimum atomic E-state index is -5.08. The molecular weight excluding hydrogens is 407 g/mol. The third-order valence-electron chi connectivity index (χ3n) is 5.92. The van der Waals surface area contributed by atoms with E-state index in [1.165, 1.54) is 47.9 Å². The topological polar surface area (TPSA) is 58.6 Å². The molecule has 4 nitrogen and oxygen atoms in total. The molecule has 2 rings (SSSR count). The van der Waals surface area contributed by atoms with Gasteiger partial charge in [-0.2, -0.15) is 13.2 Å². The summed E-state index contributed by atoms with van der Waals surface area (Å²) < 4.78 is 37.2. The molecular formula is C24H38F3NO3. The number of hydrogen-bond donors (Lipinski definition) is 2. The van der Waals surface area contributed by atoms with Crippen LogP contribution in [-0.2, 0) is 21.4 Å². The maximum Gasteiger partial charge on any atom is 0.490 e. The summed E-state index contributed by atoms with van der Waals surface area (Å²) in [5.74, 6) is -1.92. The lowest BCUT2D eigenvalue weighted by molar-refractivity contribution is -0.192. The Morgan fingerprint density at radius 1 is 1.10 bits per heavy atom. The summed E-state index contributed by atoms with van der Waals surface area (Å²) in [6, 6.07) is 4.77. The second-order valence-corrected chi connectivity index (χ2v) is 9.47. The highest BCUT2D eigenvalue weighted by Crippen LogP contribution is 2.27. The quantitative estimate of drug-likeness (QED) is 0.562. The van der Waals surface area contributed by atoms with Crippen LogP contribution in [0.4, 0.5) is 13.2 Å². The van der Waals surface area contributed by atoms with Crippen molar-refractivity contribution in [2.75, 3.05) is 20.2 Å². The highest BCUT2D eigenvalue weighted by atomic mass is 19.4. The molecule has 0 aromatic heterocycles. The van der Waals surface area contributed by atoms with Gasteiger partial charge in [0.25, 0.3) is 0 Å². The standard InChI is InChI=1S/C22H37NO.C2HF3O2/c1-16-13-19(22(3,4)5)14-17(2)21(16)11-12-23-15-18-7-9-20(24-6)10-8-18;3-2(4,5)1(6)7/h13-14,18,20,23H,7-12,15H2,1-6H3;(H,6,7). The monoisotopic (exact) mass is 445 g/mol. The number of carboxylic acids is 1. The first-order valence-electron chi connectivity index (χ1n) is 10.9. The molecule has 1 fully saturated rings. The van der Waals surface area contributed by atoms with Crippen molar-refractivity contribution >= 4 is 5.97 Å². The summed E-state index contributed by atoms with van der Waals surface area (Å²) >= 11 is 0. The molecule has 0 amide bonds. The van der Waals surface area contributed by atoms with E-state index in [-0.39, 0.29) is 5.41 Å². The maximum absolute atomic E-state index is 10.6. The molecule has 1 aromatic rings. The van der Waals surface area contributed by atoms with Gasteiger partial charge >= 0.3 is 12.1 Å². The number of nitrogens with one attached hydrogen (secondary N) is 1. The molecule has 31 heavy (non-hydrogen) atoms. The van der Waals surface area contributed by atoms with Gasteiger partial charge in [-0.3, -0.25) is 0 Å². The molecule has 1 aliphatic rings. The average molecular weight is 446 g/mol. The lowest BCUT2D eigenvalue weighted by Crippen LogP contribution is -2.30. The first-order valence-corrected chi connectivity index (χ1v) is 10.9. The Labute approximate surface area is 184 Å². The van der Waals surface area contributed by atoms with E-state index < -0.39 is 12.1 Å². The molecule has 0 unspecified atom stereocenters. The van der Waals surface area contributed by atoms with Crippen LogP contribution in [0.2, 0.25) is 0 Å². The minimum absolute atomic E-state index is 0.230. The first kappa shape index (κ1) is 27.4. The SMILES string of the molecule is COC1CCC(CNCCc2c(C)cc(C(C)(C)C)cc2C)CC1.O=C(O)C(F)(F)F. The number of aliphatic carboxylic acids is 1. The van der Waals surface area contributed by atoms with Crippen molar-refractivity contribution in [1.29, 1.82) is 0 Å². The van der Waals surface area contributed by atoms with Crippen molar-refractivity contribution < 1.29 is 27.8 Å². The lowest BCUT2D eigenvalue weighted by Gasteiger charge is -2.27. The fraction of sp³-hybridized carbons (Fsp3) is 0.708. The summed E-state index contributed by atoms with van der Waals surface area (Å²) in [7, 11) is 1.85. The number of benzene rings is 1. The Hall–Kier alpha value is -1.60. The molecule has 0 spiro atoms. The second-order valence-electron chi connectivity index (χ2n) is 9.47. The van der Waals surface area contributed by atoms with Crippen molar-refractivity contribution in [3.05, 3.63) is 34.4 Å². The van der Waals surface area contributed by atoms with Crippen LogP contribution in [0.1, 0.15) is 68.7 Å². The third-order valence-corrected chi connectivity index (χ3v) is 5.92. The summed E-state index contributed by atoms with van der Waals surface area (Å²) in [6.07, 6.45) is 1.64. The third kappa shape index (κ3) is 9.60. The number of aryl methyl sites for hydroxylation is 2. The fourth-order valence-corrected chi connectivity index (χ4v) is 3.91. The smallest absolute Gasteiger partial charge is 0.475 e. The zero-order valence-electron chi connectivity index (χ0n) is 19.7. The summed E-state index contributed by atoms with van der Waals surface area (Å²) in [5, 5.41) is 10.8. The van der Waals surface area contributed by atoms with Gasteiger partial charge in [0.05, 0.1) is 6.10 Å². The van der Waals surface area contributed by atoms with Gasteiger partial charge in [0.15, 0.2) is 0 Å². The Morgan fingerprint density at radius 3 is 1.97 bits per heavy atom. The van der Waals surface area contributed by atoms with Gasteiger partial charge in [-0.15, -0.1) is 0 Å². The number of hydrogen-bond acceptors (Lipinski definition) is 3. The molecule has 178 valence electrons. The van der Waals surface area contributed by atoms with Gasteiger partial charge in [-0.25, -0.2) is 4.79 Å². The number of alkyl halides is 3. The fourth-order valence-electron chi connectivity index (χ4n) is 3.91. The summed E-state index contributed by atoms with van der Waals surface area (Å²) in [4.78, 5) is 8.90. The van der Waals surface area contributed by atoms with E-state index in [1.54, 1.807) is 0 Å². The van der Waals surface area contributed by atoms with E-state index in [9.17, 15) is 13.2 Å². The Balaban J connectivity index is 0.000000592. The van der Waals surface area contributed by atoms with E-state index in [0.717, 1.165) is 25.4 Å². The zero-order valence-corrected chi connectivity index (χ0v) is 19.7. The van der Waals surface area contributed by atoms with Crippen LogP contribution in [0.15, 0.2) is 12.1 Å². The van der Waals surface area contributed by atoms with Gasteiger partial charge in [-0.05, 0) is 92.6 Å². The number of carboxylic acid groups (broad SMARTS) is 1. The van der Waals surface area contributed by atoms with Crippen LogP contribution >= 0.6 is 0 Å². The molecule has 7 heteroatoms. The number of methoxy groups -OCH3 is 1. The average Bonchev–Trinajstić information content (AvgIpc) is 2.66. The number of rotatable bonds is 6. The van der Waals surface area contributed by atoms with Crippen LogP contribution in [0.5, 0.6) is 0 Å². The van der Waals surface area contributed by atoms with Gasteiger partial charge in [0, 0.05) is 7.11 Å². The number of halogens is 3. The molecule has 1 aliphatic carbocycles.